The number of rotatable bonds is 2. The molecule has 0 fully saturated rings. The smallest absolute Gasteiger partial charge is 0.0544 e. The van der Waals surface area contributed by atoms with Gasteiger partial charge in [0, 0.05) is 46.5 Å². The van der Waals surface area contributed by atoms with Crippen LogP contribution in [0.1, 0.15) is 25.0 Å². The van der Waals surface area contributed by atoms with Crippen LogP contribution in [0, 0.1) is 0 Å². The van der Waals surface area contributed by atoms with E-state index in [1.54, 1.807) is 0 Å². The lowest BCUT2D eigenvalue weighted by atomic mass is 9.82. The molecule has 2 aromatic heterocycles. The van der Waals surface area contributed by atoms with E-state index in [1.807, 2.05) is 11.3 Å². The molecule has 9 rings (SSSR count). The Bertz CT molecular complexity index is 2390. The van der Waals surface area contributed by atoms with Gasteiger partial charge in [0.2, 0.25) is 0 Å². The van der Waals surface area contributed by atoms with Gasteiger partial charge in [0.25, 0.3) is 0 Å². The number of halogens is 1. The monoisotopic (exact) mass is 619 g/mol. The van der Waals surface area contributed by atoms with Gasteiger partial charge in [-0.15, -0.1) is 11.3 Å². The van der Waals surface area contributed by atoms with Crippen molar-refractivity contribution in [1.82, 2.24) is 4.57 Å². The summed E-state index contributed by atoms with van der Waals surface area (Å²) in [4.78, 5) is 0. The molecule has 0 saturated carbocycles. The quantitative estimate of drug-likeness (QED) is 0.181. The molecular weight excluding hydrogens is 594 g/mol. The van der Waals surface area contributed by atoms with Crippen LogP contribution in [0.2, 0.25) is 0 Å². The SMILES string of the molecule is CC1(C)c2ccccc2-c2cc3c4cc(-c5cccc6c5sc5c(Br)cccc56)ccc4n(-c4ccccc4)c3cc21. The van der Waals surface area contributed by atoms with Crippen LogP contribution in [0.15, 0.2) is 126 Å². The van der Waals surface area contributed by atoms with Crippen LogP contribution in [0.5, 0.6) is 0 Å². The summed E-state index contributed by atoms with van der Waals surface area (Å²) in [7, 11) is 0. The van der Waals surface area contributed by atoms with Crippen LogP contribution >= 0.6 is 27.3 Å². The highest BCUT2D eigenvalue weighted by Crippen LogP contribution is 2.51. The molecule has 200 valence electrons. The number of benzene rings is 6. The Morgan fingerprint density at radius 1 is 0.548 bits per heavy atom. The summed E-state index contributed by atoms with van der Waals surface area (Å²) in [5.41, 5.74) is 11.7. The number of thiophene rings is 1. The van der Waals surface area contributed by atoms with Crippen molar-refractivity contribution >= 4 is 69.2 Å². The third-order valence-electron chi connectivity index (χ3n) is 9.27. The Kier molecular flexibility index (Phi) is 5.04. The molecule has 2 heterocycles. The molecule has 0 aliphatic heterocycles. The highest BCUT2D eigenvalue weighted by atomic mass is 79.9. The van der Waals surface area contributed by atoms with Crippen molar-refractivity contribution in [2.75, 3.05) is 0 Å². The van der Waals surface area contributed by atoms with Gasteiger partial charge in [0.15, 0.2) is 0 Å². The fraction of sp³-hybridized carbons (Fsp3) is 0.0769. The zero-order valence-corrected chi connectivity index (χ0v) is 25.7. The van der Waals surface area contributed by atoms with E-state index in [0.717, 1.165) is 4.47 Å². The van der Waals surface area contributed by atoms with E-state index in [9.17, 15) is 0 Å². The van der Waals surface area contributed by atoms with Gasteiger partial charge in [-0.05, 0) is 91.8 Å². The summed E-state index contributed by atoms with van der Waals surface area (Å²) in [6, 6.07) is 44.9. The summed E-state index contributed by atoms with van der Waals surface area (Å²) in [6.07, 6.45) is 0. The first kappa shape index (κ1) is 24.4. The molecule has 0 amide bonds. The first-order valence-electron chi connectivity index (χ1n) is 14.4. The fourth-order valence-corrected chi connectivity index (χ4v) is 9.10. The van der Waals surface area contributed by atoms with E-state index in [1.165, 1.54) is 81.0 Å². The standard InChI is InChI=1S/C39H26BrNS/c1-39(2)32-16-7-6-12-26(32)29-21-31-30-20-23(25-13-8-14-27-28-15-9-17-34(40)38(28)42-37(25)27)18-19-35(30)41(36(31)22-33(29)39)24-10-4-3-5-11-24/h3-22H,1-2H3. The van der Waals surface area contributed by atoms with Gasteiger partial charge in [0.05, 0.1) is 11.0 Å². The summed E-state index contributed by atoms with van der Waals surface area (Å²) in [6.45, 7) is 4.72. The van der Waals surface area contributed by atoms with Crippen molar-refractivity contribution in [3.8, 4) is 27.9 Å². The van der Waals surface area contributed by atoms with Crippen LogP contribution in [0.25, 0.3) is 69.9 Å². The van der Waals surface area contributed by atoms with Crippen LogP contribution in [0.3, 0.4) is 0 Å². The lowest BCUT2D eigenvalue weighted by molar-refractivity contribution is 0.661. The Balaban J connectivity index is 1.37. The zero-order chi connectivity index (χ0) is 28.2. The van der Waals surface area contributed by atoms with Gasteiger partial charge < -0.3 is 4.57 Å². The van der Waals surface area contributed by atoms with Gasteiger partial charge in [0.1, 0.15) is 0 Å². The molecule has 0 bridgehead atoms. The summed E-state index contributed by atoms with van der Waals surface area (Å²) >= 11 is 5.67. The van der Waals surface area contributed by atoms with Crippen molar-refractivity contribution in [1.29, 1.82) is 0 Å². The van der Waals surface area contributed by atoms with E-state index in [0.29, 0.717) is 0 Å². The lowest BCUT2D eigenvalue weighted by Crippen LogP contribution is -2.14. The molecule has 42 heavy (non-hydrogen) atoms. The maximum Gasteiger partial charge on any atom is 0.0544 e. The Labute approximate surface area is 256 Å². The first-order chi connectivity index (χ1) is 20.5. The van der Waals surface area contributed by atoms with Crippen molar-refractivity contribution in [2.45, 2.75) is 19.3 Å². The molecule has 0 spiro atoms. The minimum absolute atomic E-state index is 0.0473. The highest BCUT2D eigenvalue weighted by Gasteiger charge is 2.36. The third kappa shape index (κ3) is 3.24. The molecule has 1 aliphatic carbocycles. The maximum absolute atomic E-state index is 3.79. The number of hydrogen-bond donors (Lipinski definition) is 0. The number of nitrogens with zero attached hydrogens (tertiary/aromatic N) is 1. The molecule has 0 unspecified atom stereocenters. The topological polar surface area (TPSA) is 4.93 Å². The minimum atomic E-state index is -0.0473. The number of hydrogen-bond acceptors (Lipinski definition) is 1. The van der Waals surface area contributed by atoms with Crippen molar-refractivity contribution in [3.63, 3.8) is 0 Å². The van der Waals surface area contributed by atoms with Gasteiger partial charge in [-0.25, -0.2) is 0 Å². The molecule has 0 saturated heterocycles. The van der Waals surface area contributed by atoms with Gasteiger partial charge in [-0.3, -0.25) is 0 Å². The Hall–Kier alpha value is -4.18. The fourth-order valence-electron chi connectivity index (χ4n) is 7.25. The first-order valence-corrected chi connectivity index (χ1v) is 16.0. The van der Waals surface area contributed by atoms with Gasteiger partial charge in [-0.2, -0.15) is 0 Å². The molecule has 0 N–H and O–H groups in total. The maximum atomic E-state index is 3.79. The summed E-state index contributed by atoms with van der Waals surface area (Å²) < 4.78 is 6.25. The summed E-state index contributed by atoms with van der Waals surface area (Å²) in [5, 5.41) is 5.21. The average molecular weight is 621 g/mol. The second kappa shape index (κ2) is 8.67. The van der Waals surface area contributed by atoms with E-state index in [-0.39, 0.29) is 5.41 Å². The van der Waals surface area contributed by atoms with E-state index >= 15 is 0 Å². The van der Waals surface area contributed by atoms with Crippen molar-refractivity contribution in [2.24, 2.45) is 0 Å². The molecule has 8 aromatic rings. The zero-order valence-electron chi connectivity index (χ0n) is 23.3. The molecule has 6 aromatic carbocycles. The minimum Gasteiger partial charge on any atom is -0.309 e. The predicted molar refractivity (Wildman–Crippen MR) is 184 cm³/mol. The molecule has 1 nitrogen and oxygen atoms in total. The lowest BCUT2D eigenvalue weighted by Gasteiger charge is -2.21. The Morgan fingerprint density at radius 2 is 1.26 bits per heavy atom. The second-order valence-electron chi connectivity index (χ2n) is 11.9. The summed E-state index contributed by atoms with van der Waals surface area (Å²) in [5.74, 6) is 0. The second-order valence-corrected chi connectivity index (χ2v) is 13.8. The molecule has 0 radical (unpaired) electrons. The predicted octanol–water partition coefficient (Wildman–Crippen LogP) is 11.9. The Morgan fingerprint density at radius 3 is 2.12 bits per heavy atom. The van der Waals surface area contributed by atoms with Crippen LogP contribution in [-0.4, -0.2) is 4.57 Å². The number of fused-ring (bicyclic) bond motifs is 9. The molecule has 0 atom stereocenters. The van der Waals surface area contributed by atoms with Gasteiger partial charge >= 0.3 is 0 Å². The van der Waals surface area contributed by atoms with Crippen LogP contribution in [-0.2, 0) is 5.41 Å². The average Bonchev–Trinajstić information content (AvgIpc) is 3.63. The third-order valence-corrected chi connectivity index (χ3v) is 11.5. The van der Waals surface area contributed by atoms with Crippen LogP contribution < -0.4 is 0 Å². The number of aromatic nitrogens is 1. The highest BCUT2D eigenvalue weighted by molar-refractivity contribution is 9.10. The molecule has 3 heteroatoms. The van der Waals surface area contributed by atoms with E-state index in [2.05, 4.69) is 156 Å². The van der Waals surface area contributed by atoms with Crippen molar-refractivity contribution in [3.05, 3.63) is 137 Å². The number of para-hydroxylation sites is 1. The largest absolute Gasteiger partial charge is 0.309 e. The van der Waals surface area contributed by atoms with Crippen molar-refractivity contribution < 1.29 is 0 Å². The van der Waals surface area contributed by atoms with E-state index < -0.39 is 0 Å². The normalized spacial score (nSPS) is 13.8. The molecule has 1 aliphatic rings. The van der Waals surface area contributed by atoms with Gasteiger partial charge in [-0.1, -0.05) is 92.7 Å². The van der Waals surface area contributed by atoms with E-state index in [4.69, 9.17) is 0 Å². The van der Waals surface area contributed by atoms with Crippen LogP contribution in [0.4, 0.5) is 0 Å². The molecular formula is C39H26BrNS.